The fourth-order valence-corrected chi connectivity index (χ4v) is 3.62. The summed E-state index contributed by atoms with van der Waals surface area (Å²) in [6.45, 7) is -0.249. The van der Waals surface area contributed by atoms with Gasteiger partial charge in [0.05, 0.1) is 27.0 Å². The highest BCUT2D eigenvalue weighted by atomic mass is 16.5. The van der Waals surface area contributed by atoms with E-state index < -0.39 is 29.8 Å². The number of carbonyl (C=O) groups excluding carboxylic acids is 3. The van der Waals surface area contributed by atoms with Crippen molar-refractivity contribution in [3.63, 3.8) is 0 Å². The number of benzene rings is 2. The second-order valence-corrected chi connectivity index (χ2v) is 7.02. The largest absolute Gasteiger partial charge is 0.497 e. The first-order valence-electron chi connectivity index (χ1n) is 9.68. The summed E-state index contributed by atoms with van der Waals surface area (Å²) in [5, 5.41) is 11.8. The van der Waals surface area contributed by atoms with E-state index in [2.05, 4.69) is 15.7 Å². The fraction of sp³-hybridized carbons (Fsp3) is 0.286. The summed E-state index contributed by atoms with van der Waals surface area (Å²) in [5.41, 5.74) is 0.853. The molecule has 2 aliphatic heterocycles. The van der Waals surface area contributed by atoms with Gasteiger partial charge in [-0.05, 0) is 24.3 Å². The summed E-state index contributed by atoms with van der Waals surface area (Å²) >= 11 is 0. The Bertz CT molecular complexity index is 1100. The number of nitrogens with one attached hydrogen (secondary N) is 1. The van der Waals surface area contributed by atoms with E-state index in [1.165, 1.54) is 32.4 Å². The monoisotopic (exact) mass is 439 g/mol. The molecule has 0 radical (unpaired) electrons. The second kappa shape index (κ2) is 8.53. The molecule has 11 nitrogen and oxygen atoms in total. The lowest BCUT2D eigenvalue weighted by Crippen LogP contribution is -2.43. The summed E-state index contributed by atoms with van der Waals surface area (Å²) in [7, 11) is 4.47. The lowest BCUT2D eigenvalue weighted by atomic mass is 10.1. The molecular formula is C21H21N5O6. The minimum atomic E-state index is -1.01. The fourth-order valence-electron chi connectivity index (χ4n) is 3.62. The van der Waals surface area contributed by atoms with Crippen LogP contribution in [0.3, 0.4) is 0 Å². The molecule has 4 rings (SSSR count). The second-order valence-electron chi connectivity index (χ2n) is 7.02. The first-order chi connectivity index (χ1) is 15.5. The van der Waals surface area contributed by atoms with Crippen molar-refractivity contribution < 1.29 is 28.6 Å². The maximum atomic E-state index is 13.1. The average Bonchev–Trinajstić information content (AvgIpc) is 3.32. The molecule has 166 valence electrons. The molecule has 2 aromatic rings. The van der Waals surface area contributed by atoms with Crippen molar-refractivity contribution in [2.45, 2.75) is 12.1 Å². The van der Waals surface area contributed by atoms with Crippen molar-refractivity contribution in [2.75, 3.05) is 38.1 Å². The van der Waals surface area contributed by atoms with Crippen LogP contribution in [0.1, 0.15) is 0 Å². The van der Waals surface area contributed by atoms with Gasteiger partial charge < -0.3 is 19.5 Å². The van der Waals surface area contributed by atoms with Crippen LogP contribution in [0.5, 0.6) is 17.2 Å². The number of anilines is 2. The zero-order valence-corrected chi connectivity index (χ0v) is 17.6. The normalized spacial score (nSPS) is 19.2. The number of fused-ring (bicyclic) bond motifs is 1. The lowest BCUT2D eigenvalue weighted by Gasteiger charge is -2.20. The minimum absolute atomic E-state index is 0.249. The van der Waals surface area contributed by atoms with Gasteiger partial charge in [-0.3, -0.25) is 19.4 Å². The predicted molar refractivity (Wildman–Crippen MR) is 113 cm³/mol. The summed E-state index contributed by atoms with van der Waals surface area (Å²) < 4.78 is 15.6. The minimum Gasteiger partial charge on any atom is -0.497 e. The van der Waals surface area contributed by atoms with Crippen LogP contribution in [0.2, 0.25) is 0 Å². The van der Waals surface area contributed by atoms with Gasteiger partial charge in [-0.2, -0.15) is 5.11 Å². The Morgan fingerprint density at radius 2 is 1.78 bits per heavy atom. The average molecular weight is 439 g/mol. The summed E-state index contributed by atoms with van der Waals surface area (Å²) in [6.07, 6.45) is 0. The molecule has 2 heterocycles. The topological polar surface area (TPSA) is 122 Å². The SMILES string of the molecule is COc1cccc(NC(=O)CN2N=NC3C(=O)N(c4ccc(OC)c(OC)c4)C(=O)C32)c1. The van der Waals surface area contributed by atoms with Gasteiger partial charge in [0, 0.05) is 17.8 Å². The van der Waals surface area contributed by atoms with Crippen LogP contribution < -0.4 is 24.4 Å². The molecule has 0 aliphatic carbocycles. The maximum absolute atomic E-state index is 13.1. The van der Waals surface area contributed by atoms with E-state index in [9.17, 15) is 14.4 Å². The van der Waals surface area contributed by atoms with Crippen LogP contribution in [-0.4, -0.2) is 62.7 Å². The van der Waals surface area contributed by atoms with E-state index in [0.717, 1.165) is 4.90 Å². The Balaban J connectivity index is 1.50. The van der Waals surface area contributed by atoms with Gasteiger partial charge in [0.1, 0.15) is 12.3 Å². The number of ether oxygens (including phenoxy) is 3. The molecule has 1 saturated heterocycles. The van der Waals surface area contributed by atoms with Gasteiger partial charge in [0.15, 0.2) is 23.6 Å². The Morgan fingerprint density at radius 3 is 2.50 bits per heavy atom. The molecule has 0 bridgehead atoms. The molecule has 2 atom stereocenters. The van der Waals surface area contributed by atoms with Gasteiger partial charge in [0.2, 0.25) is 5.91 Å². The number of hydrogen-bond acceptors (Lipinski definition) is 9. The van der Waals surface area contributed by atoms with Crippen molar-refractivity contribution in [1.82, 2.24) is 5.01 Å². The van der Waals surface area contributed by atoms with E-state index in [1.54, 1.807) is 36.4 Å². The molecule has 1 N–H and O–H groups in total. The smallest absolute Gasteiger partial charge is 0.263 e. The van der Waals surface area contributed by atoms with Crippen LogP contribution >= 0.6 is 0 Å². The predicted octanol–water partition coefficient (Wildman–Crippen LogP) is 1.64. The molecule has 0 saturated carbocycles. The van der Waals surface area contributed by atoms with Crippen molar-refractivity contribution in [2.24, 2.45) is 10.3 Å². The number of rotatable bonds is 7. The molecule has 1 fully saturated rings. The van der Waals surface area contributed by atoms with Crippen molar-refractivity contribution in [3.05, 3.63) is 42.5 Å². The number of methoxy groups -OCH3 is 3. The Hall–Kier alpha value is -4.15. The third-order valence-corrected chi connectivity index (χ3v) is 5.14. The number of amides is 3. The molecule has 32 heavy (non-hydrogen) atoms. The van der Waals surface area contributed by atoms with Gasteiger partial charge in [-0.25, -0.2) is 4.90 Å². The van der Waals surface area contributed by atoms with Crippen molar-refractivity contribution in [3.8, 4) is 17.2 Å². The summed E-state index contributed by atoms with van der Waals surface area (Å²) in [6, 6.07) is 9.56. The first-order valence-corrected chi connectivity index (χ1v) is 9.68. The van der Waals surface area contributed by atoms with Gasteiger partial charge in [0.25, 0.3) is 11.8 Å². The maximum Gasteiger partial charge on any atom is 0.263 e. The molecule has 2 aliphatic rings. The molecule has 2 unspecified atom stereocenters. The third-order valence-electron chi connectivity index (χ3n) is 5.14. The number of nitrogens with zero attached hydrogens (tertiary/aromatic N) is 4. The Kier molecular flexibility index (Phi) is 5.63. The van der Waals surface area contributed by atoms with E-state index >= 15 is 0 Å². The Labute approximate surface area is 183 Å². The number of carbonyl (C=O) groups is 3. The van der Waals surface area contributed by atoms with E-state index in [4.69, 9.17) is 14.2 Å². The molecule has 3 amide bonds. The summed E-state index contributed by atoms with van der Waals surface area (Å²) in [4.78, 5) is 39.5. The van der Waals surface area contributed by atoms with Crippen LogP contribution in [0.4, 0.5) is 11.4 Å². The zero-order valence-electron chi connectivity index (χ0n) is 17.6. The molecule has 0 aromatic heterocycles. The van der Waals surface area contributed by atoms with E-state index in [0.29, 0.717) is 28.6 Å². The van der Waals surface area contributed by atoms with Gasteiger partial charge >= 0.3 is 0 Å². The third kappa shape index (κ3) is 3.68. The van der Waals surface area contributed by atoms with E-state index in [-0.39, 0.29) is 6.54 Å². The summed E-state index contributed by atoms with van der Waals surface area (Å²) in [5.74, 6) is -0.0310. The molecule has 2 aromatic carbocycles. The zero-order chi connectivity index (χ0) is 22.8. The van der Waals surface area contributed by atoms with Crippen LogP contribution in [-0.2, 0) is 14.4 Å². The first kappa shape index (κ1) is 21.1. The molecular weight excluding hydrogens is 418 g/mol. The van der Waals surface area contributed by atoms with Gasteiger partial charge in [-0.1, -0.05) is 11.3 Å². The van der Waals surface area contributed by atoms with Crippen molar-refractivity contribution in [1.29, 1.82) is 0 Å². The van der Waals surface area contributed by atoms with E-state index in [1.807, 2.05) is 0 Å². The Morgan fingerprint density at radius 1 is 1.00 bits per heavy atom. The quantitative estimate of drug-likeness (QED) is 0.651. The van der Waals surface area contributed by atoms with Crippen LogP contribution in [0, 0.1) is 0 Å². The van der Waals surface area contributed by atoms with Crippen LogP contribution in [0.25, 0.3) is 0 Å². The highest BCUT2D eigenvalue weighted by Gasteiger charge is 2.55. The standard InChI is InChI=1S/C21H21N5O6/c1-30-14-6-4-5-12(9-14)22-17(27)11-25-19-18(23-24-25)20(28)26(21(19)29)13-7-8-15(31-2)16(10-13)32-3/h4-10,18-19H,11H2,1-3H3,(H,22,27). The number of imide groups is 1. The van der Waals surface area contributed by atoms with Crippen molar-refractivity contribution >= 4 is 29.1 Å². The highest BCUT2D eigenvalue weighted by molar-refractivity contribution is 6.25. The lowest BCUT2D eigenvalue weighted by molar-refractivity contribution is -0.123. The number of hydrogen-bond donors (Lipinski definition) is 1. The highest BCUT2D eigenvalue weighted by Crippen LogP contribution is 2.36. The molecule has 0 spiro atoms. The van der Waals surface area contributed by atoms with Crippen LogP contribution in [0.15, 0.2) is 52.8 Å². The van der Waals surface area contributed by atoms with Gasteiger partial charge in [-0.15, -0.1) is 0 Å². The molecule has 11 heteroatoms.